The molecule has 2 rings (SSSR count). The molecule has 0 aromatic heterocycles. The molecular weight excluding hydrogens is 250 g/mol. The maximum Gasteiger partial charge on any atom is 0.0936 e. The highest BCUT2D eigenvalue weighted by Crippen LogP contribution is 2.31. The molecule has 0 fully saturated rings. The van der Waals surface area contributed by atoms with Crippen molar-refractivity contribution in [2.45, 2.75) is 26.8 Å². The number of allylic oxidation sites excluding steroid dienone is 7. The van der Waals surface area contributed by atoms with Crippen LogP contribution in [-0.2, 0) is 0 Å². The summed E-state index contributed by atoms with van der Waals surface area (Å²) in [6, 6.07) is 0.138. The third-order valence-electron chi connectivity index (χ3n) is 3.11. The lowest BCUT2D eigenvalue weighted by Gasteiger charge is -2.14. The SMILES string of the molecule is C=C1/C=C(C2C=C(C)C=N2)\C=C/S/C(C)=C1/C=C\C. The molecule has 1 atom stereocenters. The Kier molecular flexibility index (Phi) is 4.43. The molecule has 1 unspecified atom stereocenters. The highest BCUT2D eigenvalue weighted by molar-refractivity contribution is 8.05. The van der Waals surface area contributed by atoms with Crippen molar-refractivity contribution >= 4 is 18.0 Å². The average molecular weight is 269 g/mol. The van der Waals surface area contributed by atoms with Crippen LogP contribution in [0.3, 0.4) is 0 Å². The van der Waals surface area contributed by atoms with Crippen LogP contribution in [0.5, 0.6) is 0 Å². The zero-order chi connectivity index (χ0) is 13.8. The molecule has 2 heteroatoms. The lowest BCUT2D eigenvalue weighted by atomic mass is 9.99. The van der Waals surface area contributed by atoms with Crippen molar-refractivity contribution in [3.63, 3.8) is 0 Å². The van der Waals surface area contributed by atoms with Crippen LogP contribution >= 0.6 is 11.8 Å². The number of hydrogen-bond acceptors (Lipinski definition) is 2. The van der Waals surface area contributed by atoms with Crippen LogP contribution in [0.15, 0.2) is 74.6 Å². The van der Waals surface area contributed by atoms with Crippen LogP contribution in [0.4, 0.5) is 0 Å². The van der Waals surface area contributed by atoms with Crippen LogP contribution in [0.2, 0.25) is 0 Å². The molecule has 98 valence electrons. The maximum atomic E-state index is 4.52. The smallest absolute Gasteiger partial charge is 0.0936 e. The van der Waals surface area contributed by atoms with Crippen molar-refractivity contribution in [3.8, 4) is 0 Å². The minimum atomic E-state index is 0.138. The third kappa shape index (κ3) is 3.27. The van der Waals surface area contributed by atoms with Crippen LogP contribution in [-0.4, -0.2) is 12.3 Å². The largest absolute Gasteiger partial charge is 0.281 e. The van der Waals surface area contributed by atoms with Gasteiger partial charge in [0.2, 0.25) is 0 Å². The molecule has 0 amide bonds. The molecule has 0 aromatic carbocycles. The van der Waals surface area contributed by atoms with E-state index in [9.17, 15) is 0 Å². The first-order valence-electron chi connectivity index (χ1n) is 6.41. The number of nitrogens with zero attached hydrogens (tertiary/aromatic N) is 1. The molecule has 0 N–H and O–H groups in total. The Morgan fingerprint density at radius 3 is 2.79 bits per heavy atom. The van der Waals surface area contributed by atoms with Crippen LogP contribution < -0.4 is 0 Å². The number of rotatable bonds is 2. The molecule has 0 spiro atoms. The van der Waals surface area contributed by atoms with E-state index >= 15 is 0 Å². The lowest BCUT2D eigenvalue weighted by molar-refractivity contribution is 1.00. The second-order valence-electron chi connectivity index (χ2n) is 4.69. The number of aliphatic imine (C=N–C) groups is 1. The van der Waals surface area contributed by atoms with Gasteiger partial charge in [0.15, 0.2) is 0 Å². The summed E-state index contributed by atoms with van der Waals surface area (Å²) in [5.74, 6) is 0. The van der Waals surface area contributed by atoms with Crippen molar-refractivity contribution in [2.24, 2.45) is 4.99 Å². The quantitative estimate of drug-likeness (QED) is 0.688. The van der Waals surface area contributed by atoms with E-state index in [0.717, 1.165) is 5.57 Å². The topological polar surface area (TPSA) is 12.4 Å². The van der Waals surface area contributed by atoms with Gasteiger partial charge in [-0.05, 0) is 65.5 Å². The first-order chi connectivity index (χ1) is 9.11. The molecule has 19 heavy (non-hydrogen) atoms. The standard InChI is InChI=1S/C17H19NS/c1-5-6-16-13(3)10-15(7-8-19-14(16)4)17-9-12(2)11-18-17/h5-11,17H,3H2,1-2,4H3/b6-5-,8-7-,15-10+,16-14-. The predicted octanol–water partition coefficient (Wildman–Crippen LogP) is 4.98. The van der Waals surface area contributed by atoms with Crippen molar-refractivity contribution in [3.05, 3.63) is 69.6 Å². The molecular formula is C17H19NS. The predicted molar refractivity (Wildman–Crippen MR) is 87.5 cm³/mol. The minimum absolute atomic E-state index is 0.138. The molecule has 1 nitrogen and oxygen atoms in total. The molecule has 2 heterocycles. The highest BCUT2D eigenvalue weighted by atomic mass is 32.2. The van der Waals surface area contributed by atoms with E-state index in [1.54, 1.807) is 11.8 Å². The minimum Gasteiger partial charge on any atom is -0.281 e. The molecule has 0 bridgehead atoms. The summed E-state index contributed by atoms with van der Waals surface area (Å²) >= 11 is 1.74. The Morgan fingerprint density at radius 1 is 1.37 bits per heavy atom. The zero-order valence-corrected chi connectivity index (χ0v) is 12.5. The Morgan fingerprint density at radius 2 is 2.16 bits per heavy atom. The van der Waals surface area contributed by atoms with Gasteiger partial charge >= 0.3 is 0 Å². The summed E-state index contributed by atoms with van der Waals surface area (Å²) in [5.41, 5.74) is 4.67. The van der Waals surface area contributed by atoms with Crippen molar-refractivity contribution in [1.29, 1.82) is 0 Å². The van der Waals surface area contributed by atoms with Gasteiger partial charge in [0, 0.05) is 6.21 Å². The van der Waals surface area contributed by atoms with Crippen molar-refractivity contribution in [2.75, 3.05) is 0 Å². The first-order valence-corrected chi connectivity index (χ1v) is 7.29. The second kappa shape index (κ2) is 6.07. The molecule has 0 aliphatic carbocycles. The van der Waals surface area contributed by atoms with E-state index in [2.05, 4.69) is 61.2 Å². The van der Waals surface area contributed by atoms with Gasteiger partial charge in [-0.3, -0.25) is 4.99 Å². The first kappa shape index (κ1) is 13.9. The fourth-order valence-corrected chi connectivity index (χ4v) is 2.88. The van der Waals surface area contributed by atoms with Gasteiger partial charge in [0.1, 0.15) is 0 Å². The Labute approximate surface area is 119 Å². The van der Waals surface area contributed by atoms with Crippen LogP contribution in [0, 0.1) is 0 Å². The van der Waals surface area contributed by atoms with Gasteiger partial charge in [-0.25, -0.2) is 0 Å². The molecule has 0 radical (unpaired) electrons. The molecule has 2 aliphatic rings. The monoisotopic (exact) mass is 269 g/mol. The van der Waals surface area contributed by atoms with E-state index in [-0.39, 0.29) is 6.04 Å². The summed E-state index contributed by atoms with van der Waals surface area (Å²) < 4.78 is 0. The van der Waals surface area contributed by atoms with Crippen molar-refractivity contribution < 1.29 is 0 Å². The third-order valence-corrected chi connectivity index (χ3v) is 3.95. The van der Waals surface area contributed by atoms with Crippen LogP contribution in [0.25, 0.3) is 0 Å². The Balaban J connectivity index is 2.37. The Bertz CT molecular complexity index is 568. The van der Waals surface area contributed by atoms with Crippen LogP contribution in [0.1, 0.15) is 20.8 Å². The molecule has 2 aliphatic heterocycles. The average Bonchev–Trinajstić information content (AvgIpc) is 2.79. The summed E-state index contributed by atoms with van der Waals surface area (Å²) in [7, 11) is 0. The number of thioether (sulfide) groups is 1. The fraction of sp³-hybridized carbons (Fsp3) is 0.235. The van der Waals surface area contributed by atoms with E-state index in [4.69, 9.17) is 0 Å². The van der Waals surface area contributed by atoms with Gasteiger partial charge in [-0.2, -0.15) is 0 Å². The lowest BCUT2D eigenvalue weighted by Crippen LogP contribution is -2.02. The van der Waals surface area contributed by atoms with Crippen molar-refractivity contribution in [1.82, 2.24) is 0 Å². The summed E-state index contributed by atoms with van der Waals surface area (Å²) in [4.78, 5) is 5.79. The van der Waals surface area contributed by atoms with E-state index in [0.29, 0.717) is 0 Å². The maximum absolute atomic E-state index is 4.52. The number of hydrogen-bond donors (Lipinski definition) is 0. The van der Waals surface area contributed by atoms with Gasteiger partial charge in [0.05, 0.1) is 6.04 Å². The van der Waals surface area contributed by atoms with Gasteiger partial charge in [-0.15, -0.1) is 11.8 Å². The van der Waals surface area contributed by atoms with Gasteiger partial charge < -0.3 is 0 Å². The molecule has 0 saturated heterocycles. The van der Waals surface area contributed by atoms with Gasteiger partial charge in [0.25, 0.3) is 0 Å². The van der Waals surface area contributed by atoms with Gasteiger partial charge in [-0.1, -0.05) is 24.8 Å². The normalized spacial score (nSPS) is 31.9. The van der Waals surface area contributed by atoms with E-state index in [1.165, 1.54) is 21.6 Å². The zero-order valence-electron chi connectivity index (χ0n) is 11.7. The van der Waals surface area contributed by atoms with E-state index in [1.807, 2.05) is 13.1 Å². The Hall–Kier alpha value is -1.54. The summed E-state index contributed by atoms with van der Waals surface area (Å²) in [6.07, 6.45) is 12.6. The highest BCUT2D eigenvalue weighted by Gasteiger charge is 2.14. The summed E-state index contributed by atoms with van der Waals surface area (Å²) in [5, 5.41) is 2.13. The molecule has 0 saturated carbocycles. The second-order valence-corrected chi connectivity index (χ2v) is 5.81. The summed E-state index contributed by atoms with van der Waals surface area (Å²) in [6.45, 7) is 10.4. The fourth-order valence-electron chi connectivity index (χ4n) is 2.12. The van der Waals surface area contributed by atoms with E-state index < -0.39 is 0 Å². The molecule has 0 aromatic rings.